The first-order chi connectivity index (χ1) is 44.4. The summed E-state index contributed by atoms with van der Waals surface area (Å²) in [4.78, 5) is 157. The number of thiazole rings is 3. The number of rotatable bonds is 5. The van der Waals surface area contributed by atoms with Crippen molar-refractivity contribution in [2.24, 2.45) is 15.9 Å². The van der Waals surface area contributed by atoms with Crippen molar-refractivity contribution in [1.29, 1.82) is 0 Å². The zero-order valence-corrected chi connectivity index (χ0v) is 56.2. The number of aromatic nitrogens is 4. The Kier molecular flexibility index (Phi) is 21.6. The van der Waals surface area contributed by atoms with Gasteiger partial charge in [0.25, 0.3) is 17.7 Å². The van der Waals surface area contributed by atoms with Crippen LogP contribution >= 0.6 is 45.8 Å². The van der Waals surface area contributed by atoms with Crippen molar-refractivity contribution in [3.63, 3.8) is 0 Å². The van der Waals surface area contributed by atoms with Crippen molar-refractivity contribution >= 4 is 116 Å². The molecule has 9 rings (SSSR count). The lowest BCUT2D eigenvalue weighted by Gasteiger charge is -2.41. The fourth-order valence-electron chi connectivity index (χ4n) is 10.9. The van der Waals surface area contributed by atoms with E-state index in [0.717, 1.165) is 45.8 Å². The molecule has 0 spiro atoms. The topological polar surface area (TPSA) is 428 Å². The average molecular weight is 1370 g/mol. The van der Waals surface area contributed by atoms with E-state index in [1.807, 2.05) is 6.92 Å². The predicted molar refractivity (Wildman–Crippen MR) is 349 cm³/mol. The fraction of sp³-hybridized carbons (Fsp3) is 0.492. The van der Waals surface area contributed by atoms with Crippen molar-refractivity contribution in [1.82, 2.24) is 67.8 Å². The van der Waals surface area contributed by atoms with Crippen LogP contribution in [0.2, 0.25) is 0 Å². The summed E-state index contributed by atoms with van der Waals surface area (Å²) in [6, 6.07) is -8.55. The number of esters is 1. The average Bonchev–Trinajstić information content (AvgIpc) is 1.39. The third-order valence-corrected chi connectivity index (χ3v) is 20.9. The van der Waals surface area contributed by atoms with Crippen LogP contribution in [0.25, 0.3) is 6.08 Å². The monoisotopic (exact) mass is 1370 g/mol. The van der Waals surface area contributed by atoms with Gasteiger partial charge in [0.1, 0.15) is 96.7 Å². The normalized spacial score (nSPS) is 29.2. The Bertz CT molecular complexity index is 3820. The molecule has 29 nitrogen and oxygen atoms in total. The van der Waals surface area contributed by atoms with Crippen LogP contribution in [0.15, 0.2) is 62.3 Å². The summed E-state index contributed by atoms with van der Waals surface area (Å²) in [5.41, 5.74) is -3.66. The highest BCUT2D eigenvalue weighted by Gasteiger charge is 2.50. The molecule has 94 heavy (non-hydrogen) atoms. The number of pyridine rings is 1. The summed E-state index contributed by atoms with van der Waals surface area (Å²) in [6.45, 7) is 18.4. The van der Waals surface area contributed by atoms with E-state index in [1.54, 1.807) is 44.4 Å². The second-order valence-corrected chi connectivity index (χ2v) is 27.5. The minimum absolute atomic E-state index is 0.00888. The zero-order chi connectivity index (χ0) is 68.4. The van der Waals surface area contributed by atoms with E-state index in [9.17, 15) is 63.6 Å². The molecule has 0 radical (unpaired) electrons. The van der Waals surface area contributed by atoms with Gasteiger partial charge in [-0.3, -0.25) is 53.7 Å². The van der Waals surface area contributed by atoms with E-state index >= 15 is 0 Å². The molecule has 1 unspecified atom stereocenters. The van der Waals surface area contributed by atoms with Crippen LogP contribution in [-0.2, 0) is 39.0 Å². The van der Waals surface area contributed by atoms with Crippen molar-refractivity contribution < 1.29 is 68.3 Å². The molecule has 0 saturated carbocycles. The van der Waals surface area contributed by atoms with Crippen LogP contribution in [-0.4, -0.2) is 165 Å². The molecule has 8 amide bonds. The minimum Gasteiger partial charge on any atom is -0.455 e. The van der Waals surface area contributed by atoms with Crippen molar-refractivity contribution in [3.05, 3.63) is 107 Å². The molecule has 33 heteroatoms. The predicted octanol–water partition coefficient (Wildman–Crippen LogP) is 2.18. The largest absolute Gasteiger partial charge is 0.455 e. The van der Waals surface area contributed by atoms with Gasteiger partial charge in [-0.1, -0.05) is 45.1 Å². The molecule has 8 heterocycles. The van der Waals surface area contributed by atoms with Crippen molar-refractivity contribution in [3.8, 4) is 0 Å². The lowest BCUT2D eigenvalue weighted by atomic mass is 9.80. The molecule has 1 aliphatic carbocycles. The third-order valence-electron chi connectivity index (χ3n) is 17.0. The summed E-state index contributed by atoms with van der Waals surface area (Å²) in [5, 5.41) is 75.9. The number of hydrogen-bond acceptors (Lipinski definition) is 25. The molecule has 4 aromatic rings. The number of nitrogens with zero attached hydrogens (tertiary/aromatic N) is 6. The van der Waals surface area contributed by atoms with Gasteiger partial charge in [-0.25, -0.2) is 24.7 Å². The molecule has 13 N–H and O–H groups in total. The van der Waals surface area contributed by atoms with Gasteiger partial charge in [-0.15, -0.1) is 45.8 Å². The number of carbonyl (C=O) groups excluding carboxylic acids is 9. The molecule has 4 aliphatic heterocycles. The second kappa shape index (κ2) is 28.9. The first-order valence-electron chi connectivity index (χ1n) is 30.3. The van der Waals surface area contributed by atoms with Gasteiger partial charge < -0.3 is 67.7 Å². The maximum Gasteiger partial charge on any atom is 0.357 e. The van der Waals surface area contributed by atoms with Crippen LogP contribution in [0, 0.1) is 5.92 Å². The number of fused-ring (bicyclic) bond motifs is 7. The third kappa shape index (κ3) is 14.9. The quantitative estimate of drug-likeness (QED) is 0.101. The van der Waals surface area contributed by atoms with Gasteiger partial charge in [0.15, 0.2) is 0 Å². The highest BCUT2D eigenvalue weighted by molar-refractivity contribution is 8.14. The Morgan fingerprint density at radius 3 is 2.22 bits per heavy atom. The summed E-state index contributed by atoms with van der Waals surface area (Å²) in [7, 11) is 0. The van der Waals surface area contributed by atoms with Crippen LogP contribution in [0.5, 0.6) is 0 Å². The first-order valence-corrected chi connectivity index (χ1v) is 33.9. The SMILES string of the molecule is C=C1NC(=O)[C@H](C)NC(=O)[C@H](C(C)CC)N[C@@H]2C=Cc3c([C@H](C)O)cc(nc3[C@H]2O)C(=O)O[C@H](C)[C@@H]2NC(=O)c3csc(n3)[C@H]([C@@](C)(O)[C@@H](C)O)NC(=O)[C@H]3CSC(=N3)/C(=C\C)NC(=O)CNC(=O)c3csc(n3)[C@]3(CCC(C)=N[C@H]3c3csc2n3)NC(=O)[C@H](C)NC1=O. The molecule has 0 aromatic carbocycles. The van der Waals surface area contributed by atoms with Gasteiger partial charge in [-0.2, -0.15) is 0 Å². The van der Waals surface area contributed by atoms with E-state index in [0.29, 0.717) is 12.1 Å². The smallest absolute Gasteiger partial charge is 0.357 e. The van der Waals surface area contributed by atoms with Gasteiger partial charge in [-0.05, 0) is 85.8 Å². The number of allylic oxidation sites excluding steroid dienone is 1. The molecule has 502 valence electrons. The Morgan fingerprint density at radius 2 is 1.52 bits per heavy atom. The number of aliphatic hydroxyl groups is 4. The van der Waals surface area contributed by atoms with E-state index in [2.05, 4.69) is 69.4 Å². The van der Waals surface area contributed by atoms with E-state index in [-0.39, 0.29) is 84.0 Å². The number of thioether (sulfide) groups is 1. The lowest BCUT2D eigenvalue weighted by molar-refractivity contribution is -0.131. The Balaban J connectivity index is 1.19. The number of ether oxygens (including phenoxy) is 1. The second-order valence-electron chi connectivity index (χ2n) is 23.9. The Labute approximate surface area is 556 Å². The van der Waals surface area contributed by atoms with Gasteiger partial charge in [0.05, 0.1) is 53.6 Å². The fourth-order valence-corrected chi connectivity index (χ4v) is 14.9. The number of cyclic esters (lactones) is 1. The van der Waals surface area contributed by atoms with Gasteiger partial charge >= 0.3 is 5.97 Å². The Morgan fingerprint density at radius 1 is 0.819 bits per heavy atom. The van der Waals surface area contributed by atoms with E-state index in [4.69, 9.17) is 19.7 Å². The number of hydrogen-bond donors (Lipinski definition) is 13. The summed E-state index contributed by atoms with van der Waals surface area (Å²) in [6.07, 6.45) is -0.173. The number of aliphatic imine (C=N–C) groups is 2. The standard InChI is InChI=1S/C61H75N15O14S4/c1-12-24(3)42-54(87)66-27(6)49(82)64-26(5)48(81)65-28(7)50(83)76-61-17-16-25(4)63-46(61)37-20-92-56(70-37)43(30(9)90-58(88)36-18-33(29(8)77)32-14-15-35(68-42)45(80)44(32)69-36)74-52(85)39-22-93-57(72-39)47(60(11,89)31(10)78)75-53(86)40-21-91-55(71-40)34(13-2)67-41(79)19-62-51(84)38-23-94-59(61)73-38/h13-15,18,20,22-24,27-31,35,40,42-43,45-47,68,77-78,80,89H,5,12,16-17,19,21H2,1-4,6-11H3,(H,62,84)(H,64,82)(H,65,81)(H,66,87)(H,67,79)(H,74,85)(H,75,86)(H,76,83)/b34-13+/t24?,27-,28-,29-,30+,31+,35+,40+,42-,43-,45-,46-,47+,60-,61+/m0/s1. The number of aliphatic hydroxyl groups excluding tert-OH is 3. The molecular weight excluding hydrogens is 1300 g/mol. The van der Waals surface area contributed by atoms with E-state index < -0.39 is 155 Å². The molecule has 0 saturated heterocycles. The van der Waals surface area contributed by atoms with Crippen molar-refractivity contribution in [2.75, 3.05) is 12.3 Å². The zero-order valence-electron chi connectivity index (χ0n) is 53.0. The number of carbonyl (C=O) groups is 9. The summed E-state index contributed by atoms with van der Waals surface area (Å²) in [5.74, 6) is -7.68. The van der Waals surface area contributed by atoms with Crippen LogP contribution in [0.1, 0.15) is 188 Å². The highest BCUT2D eigenvalue weighted by atomic mass is 32.2. The van der Waals surface area contributed by atoms with Crippen molar-refractivity contribution in [2.45, 2.75) is 172 Å². The van der Waals surface area contributed by atoms with Crippen LogP contribution < -0.4 is 47.9 Å². The molecule has 15 atom stereocenters. The Hall–Kier alpha value is -8.02. The van der Waals surface area contributed by atoms with E-state index in [1.165, 1.54) is 58.4 Å². The summed E-state index contributed by atoms with van der Waals surface area (Å²) < 4.78 is 6.20. The molecule has 0 fully saturated rings. The number of amides is 8. The molecule has 13 bridgehead atoms. The van der Waals surface area contributed by atoms with Crippen LogP contribution in [0.3, 0.4) is 0 Å². The highest BCUT2D eigenvalue weighted by Crippen LogP contribution is 2.47. The number of nitrogens with one attached hydrogen (secondary N) is 9. The van der Waals surface area contributed by atoms with Gasteiger partial charge in [0.2, 0.25) is 29.5 Å². The lowest BCUT2D eigenvalue weighted by Crippen LogP contribution is -2.57. The molecular formula is C61H75N15O14S4. The minimum atomic E-state index is -2.11. The maximum absolute atomic E-state index is 14.9. The maximum atomic E-state index is 14.9. The first kappa shape index (κ1) is 70.3. The summed E-state index contributed by atoms with van der Waals surface area (Å²) >= 11 is 4.00. The van der Waals surface area contributed by atoms with Crippen LogP contribution in [0.4, 0.5) is 0 Å². The molecule has 4 aromatic heterocycles. The molecule has 5 aliphatic rings. The van der Waals surface area contributed by atoms with Gasteiger partial charge in [0, 0.05) is 33.2 Å².